The molecule has 2 atom stereocenters. The number of carbonyl (C=O) groups excluding carboxylic acids is 1. The number of carbonyl (C=O) groups is 1. The van der Waals surface area contributed by atoms with Crippen molar-refractivity contribution >= 4 is 11.8 Å². The second-order valence-corrected chi connectivity index (χ2v) is 6.73. The average Bonchev–Trinajstić information content (AvgIpc) is 3.33. The second kappa shape index (κ2) is 7.04. The van der Waals surface area contributed by atoms with E-state index in [1.807, 2.05) is 0 Å². The topological polar surface area (TPSA) is 109 Å². The molecule has 0 spiro atoms. The molecule has 0 aliphatic carbocycles. The van der Waals surface area contributed by atoms with E-state index in [0.717, 1.165) is 5.69 Å². The highest BCUT2D eigenvalue weighted by atomic mass is 19.1. The number of likely N-dealkylation sites (tertiary alicyclic amines) is 1. The van der Waals surface area contributed by atoms with Crippen molar-refractivity contribution in [3.63, 3.8) is 0 Å². The molecule has 0 radical (unpaired) electrons. The number of benzene rings is 1. The summed E-state index contributed by atoms with van der Waals surface area (Å²) in [5, 5.41) is 20.8. The summed E-state index contributed by atoms with van der Waals surface area (Å²) in [6, 6.07) is 6.75. The van der Waals surface area contributed by atoms with E-state index in [4.69, 9.17) is 4.52 Å². The molecule has 1 aliphatic rings. The molecule has 2 aromatic heterocycles. The van der Waals surface area contributed by atoms with Gasteiger partial charge in [0, 0.05) is 24.7 Å². The van der Waals surface area contributed by atoms with Crippen LogP contribution in [-0.2, 0) is 0 Å². The normalized spacial score (nSPS) is 19.2. The number of hydrogen-bond donors (Lipinski definition) is 2. The van der Waals surface area contributed by atoms with Gasteiger partial charge in [0.25, 0.3) is 0 Å². The molecule has 1 saturated heterocycles. The van der Waals surface area contributed by atoms with Gasteiger partial charge in [-0.25, -0.2) is 13.9 Å². The molecule has 146 valence electrons. The van der Waals surface area contributed by atoms with Gasteiger partial charge >= 0.3 is 6.03 Å². The van der Waals surface area contributed by atoms with Gasteiger partial charge in [-0.1, -0.05) is 11.2 Å². The van der Waals surface area contributed by atoms with Crippen LogP contribution >= 0.6 is 0 Å². The molecule has 1 fully saturated rings. The van der Waals surface area contributed by atoms with Crippen LogP contribution in [0.25, 0.3) is 5.69 Å². The number of hydrogen-bond acceptors (Lipinski definition) is 6. The number of amides is 2. The lowest BCUT2D eigenvalue weighted by Crippen LogP contribution is -2.35. The first-order chi connectivity index (χ1) is 13.4. The lowest BCUT2D eigenvalue weighted by molar-refractivity contribution is 0.174. The Hall–Kier alpha value is -3.27. The van der Waals surface area contributed by atoms with E-state index >= 15 is 0 Å². The third kappa shape index (κ3) is 3.46. The predicted molar refractivity (Wildman–Crippen MR) is 96.4 cm³/mol. The number of halogens is 1. The maximum atomic E-state index is 13.5. The molecule has 0 bridgehead atoms. The molecule has 0 saturated carbocycles. The Morgan fingerprint density at radius 1 is 1.36 bits per heavy atom. The Morgan fingerprint density at radius 3 is 2.89 bits per heavy atom. The highest BCUT2D eigenvalue weighted by Crippen LogP contribution is 2.31. The van der Waals surface area contributed by atoms with Crippen molar-refractivity contribution in [2.75, 3.05) is 11.9 Å². The van der Waals surface area contributed by atoms with Gasteiger partial charge in [-0.05, 0) is 32.0 Å². The van der Waals surface area contributed by atoms with Crippen LogP contribution in [0.5, 0.6) is 0 Å². The minimum absolute atomic E-state index is 0.140. The zero-order valence-corrected chi connectivity index (χ0v) is 15.3. The molecule has 2 amide bonds. The van der Waals surface area contributed by atoms with Gasteiger partial charge in [-0.2, -0.15) is 4.98 Å². The summed E-state index contributed by atoms with van der Waals surface area (Å²) in [5.74, 6) is 0.683. The fraction of sp³-hybridized carbons (Fsp3) is 0.333. The number of aromatic nitrogens is 4. The zero-order chi connectivity index (χ0) is 19.8. The summed E-state index contributed by atoms with van der Waals surface area (Å²) >= 11 is 0. The van der Waals surface area contributed by atoms with Crippen LogP contribution in [0.15, 0.2) is 34.9 Å². The molecule has 4 rings (SSSR count). The van der Waals surface area contributed by atoms with E-state index in [2.05, 4.69) is 20.6 Å². The molecule has 3 heterocycles. The van der Waals surface area contributed by atoms with Crippen molar-refractivity contribution in [3.05, 3.63) is 53.6 Å². The largest absolute Gasteiger partial charge is 0.391 e. The first-order valence-corrected chi connectivity index (χ1v) is 8.79. The van der Waals surface area contributed by atoms with Gasteiger partial charge in [0.1, 0.15) is 11.9 Å². The summed E-state index contributed by atoms with van der Waals surface area (Å²) in [6.07, 6.45) is -0.374. The number of aliphatic hydroxyl groups is 1. The third-order valence-corrected chi connectivity index (χ3v) is 4.54. The maximum Gasteiger partial charge on any atom is 0.323 e. The third-order valence-electron chi connectivity index (χ3n) is 4.54. The van der Waals surface area contributed by atoms with Gasteiger partial charge < -0.3 is 14.5 Å². The lowest BCUT2D eigenvalue weighted by atomic mass is 10.2. The smallest absolute Gasteiger partial charge is 0.323 e. The summed E-state index contributed by atoms with van der Waals surface area (Å²) < 4.78 is 20.2. The van der Waals surface area contributed by atoms with Crippen LogP contribution in [-0.4, -0.2) is 48.6 Å². The Morgan fingerprint density at radius 2 is 2.18 bits per heavy atom. The van der Waals surface area contributed by atoms with Crippen LogP contribution in [0, 0.1) is 19.7 Å². The van der Waals surface area contributed by atoms with E-state index in [0.29, 0.717) is 23.8 Å². The molecular formula is C18H19FN6O3. The first kappa shape index (κ1) is 18.1. The number of aryl methyl sites for hydroxylation is 2. The number of anilines is 1. The predicted octanol–water partition coefficient (Wildman–Crippen LogP) is 2.35. The molecule has 28 heavy (non-hydrogen) atoms. The van der Waals surface area contributed by atoms with Gasteiger partial charge in [0.15, 0.2) is 11.6 Å². The standard InChI is InChI=1S/C18H19FN6O3/c1-10-6-16(22-25(10)13-5-3-4-12(19)7-13)21-18(27)24-9-14(26)8-15(24)17-20-11(2)23-28-17/h3-7,14-15,26H,8-9H2,1-2H3,(H,21,22,27)/t14-,15-/m1/s1. The van der Waals surface area contributed by atoms with E-state index in [9.17, 15) is 14.3 Å². The van der Waals surface area contributed by atoms with Gasteiger partial charge in [0.05, 0.1) is 11.8 Å². The summed E-state index contributed by atoms with van der Waals surface area (Å²) in [6.45, 7) is 3.63. The molecule has 1 aromatic carbocycles. The van der Waals surface area contributed by atoms with E-state index in [1.165, 1.54) is 21.7 Å². The number of aliphatic hydroxyl groups excluding tert-OH is 1. The van der Waals surface area contributed by atoms with E-state index < -0.39 is 18.2 Å². The van der Waals surface area contributed by atoms with Crippen LogP contribution < -0.4 is 5.32 Å². The van der Waals surface area contributed by atoms with Crippen molar-refractivity contribution in [1.82, 2.24) is 24.8 Å². The molecule has 10 heteroatoms. The fourth-order valence-electron chi connectivity index (χ4n) is 3.31. The molecule has 2 N–H and O–H groups in total. The Bertz CT molecular complexity index is 1020. The molecule has 0 unspecified atom stereocenters. The van der Waals surface area contributed by atoms with Crippen molar-refractivity contribution < 1.29 is 18.8 Å². The number of rotatable bonds is 3. The molecule has 1 aliphatic heterocycles. The van der Waals surface area contributed by atoms with Crippen molar-refractivity contribution in [2.24, 2.45) is 0 Å². The average molecular weight is 386 g/mol. The second-order valence-electron chi connectivity index (χ2n) is 6.73. The Kier molecular flexibility index (Phi) is 4.55. The van der Waals surface area contributed by atoms with Crippen LogP contribution in [0.4, 0.5) is 15.0 Å². The van der Waals surface area contributed by atoms with E-state index in [-0.39, 0.29) is 18.3 Å². The number of β-amino-alcohol motifs (C(OH)–C–C–N with tert-alkyl or cyclic N) is 1. The van der Waals surface area contributed by atoms with Crippen LogP contribution in [0.1, 0.15) is 29.9 Å². The highest BCUT2D eigenvalue weighted by molar-refractivity contribution is 5.89. The maximum absolute atomic E-state index is 13.5. The van der Waals surface area contributed by atoms with Crippen molar-refractivity contribution in [1.29, 1.82) is 0 Å². The highest BCUT2D eigenvalue weighted by Gasteiger charge is 2.39. The lowest BCUT2D eigenvalue weighted by Gasteiger charge is -2.21. The van der Waals surface area contributed by atoms with Crippen LogP contribution in [0.2, 0.25) is 0 Å². The van der Waals surface area contributed by atoms with Gasteiger partial charge in [-0.3, -0.25) is 5.32 Å². The van der Waals surface area contributed by atoms with Crippen molar-refractivity contribution in [3.8, 4) is 5.69 Å². The van der Waals surface area contributed by atoms with Crippen LogP contribution in [0.3, 0.4) is 0 Å². The fourth-order valence-corrected chi connectivity index (χ4v) is 3.31. The zero-order valence-electron chi connectivity index (χ0n) is 15.3. The number of nitrogens with one attached hydrogen (secondary N) is 1. The van der Waals surface area contributed by atoms with Gasteiger partial charge in [0.2, 0.25) is 5.89 Å². The number of urea groups is 1. The Balaban J connectivity index is 1.54. The molecule has 3 aromatic rings. The van der Waals surface area contributed by atoms with E-state index in [1.54, 1.807) is 32.0 Å². The SMILES string of the molecule is Cc1noc([C@H]2C[C@@H](O)CN2C(=O)Nc2cc(C)n(-c3cccc(F)c3)n2)n1. The monoisotopic (exact) mass is 386 g/mol. The first-order valence-electron chi connectivity index (χ1n) is 8.79. The molecular weight excluding hydrogens is 367 g/mol. The Labute approximate surface area is 159 Å². The van der Waals surface area contributed by atoms with Crippen molar-refractivity contribution in [2.45, 2.75) is 32.4 Å². The molecule has 9 nitrogen and oxygen atoms in total. The van der Waals surface area contributed by atoms with Gasteiger partial charge in [-0.15, -0.1) is 5.10 Å². The summed E-state index contributed by atoms with van der Waals surface area (Å²) in [4.78, 5) is 18.4. The summed E-state index contributed by atoms with van der Waals surface area (Å²) in [7, 11) is 0. The minimum Gasteiger partial charge on any atom is -0.391 e. The quantitative estimate of drug-likeness (QED) is 0.715. The minimum atomic E-state index is -0.686. The summed E-state index contributed by atoms with van der Waals surface area (Å²) in [5.41, 5.74) is 1.28. The number of nitrogens with zero attached hydrogens (tertiary/aromatic N) is 5.